The molecule has 1 heterocycles. The van der Waals surface area contributed by atoms with Crippen molar-refractivity contribution in [1.29, 1.82) is 0 Å². The van der Waals surface area contributed by atoms with Crippen molar-refractivity contribution in [2.75, 3.05) is 23.5 Å². The number of ketones is 1. The second-order valence-corrected chi connectivity index (χ2v) is 10.1. The Bertz CT molecular complexity index is 1570. The van der Waals surface area contributed by atoms with E-state index in [-0.39, 0.29) is 30.7 Å². The Hall–Kier alpha value is -4.01. The predicted octanol–water partition coefficient (Wildman–Crippen LogP) is 5.33. The molecule has 2 N–H and O–H groups in total. The van der Waals surface area contributed by atoms with Gasteiger partial charge in [0.2, 0.25) is 5.91 Å². The van der Waals surface area contributed by atoms with Gasteiger partial charge in [0.15, 0.2) is 5.78 Å². The summed E-state index contributed by atoms with van der Waals surface area (Å²) < 4.78 is 6.63. The van der Waals surface area contributed by atoms with Crippen LogP contribution in [0.3, 0.4) is 0 Å². The number of carbonyl (C=O) groups excluding carboxylic acids is 3. The summed E-state index contributed by atoms with van der Waals surface area (Å²) >= 11 is 3.52. The van der Waals surface area contributed by atoms with Crippen LogP contribution in [0, 0.1) is 0 Å². The number of hydrogen-bond acceptors (Lipinski definition) is 5. The van der Waals surface area contributed by atoms with Crippen molar-refractivity contribution in [1.82, 2.24) is 0 Å². The highest BCUT2D eigenvalue weighted by Gasteiger charge is 2.35. The minimum atomic E-state index is -0.946. The molecule has 8 heteroatoms. The molecule has 0 bridgehead atoms. The first-order valence-corrected chi connectivity index (χ1v) is 12.9. The van der Waals surface area contributed by atoms with Gasteiger partial charge in [0.25, 0.3) is 5.91 Å². The maximum Gasteiger partial charge on any atom is 0.258 e. The number of ether oxygens (including phenoxy) is 1. The molecule has 5 rings (SSSR count). The SMILES string of the molecule is COc1ccc2cc(Br)ccc2c1CN1C(=O)C(N)CN(C(=O)c2ccc(C(C)=O)cc2)c2ccccc21. The van der Waals surface area contributed by atoms with Crippen molar-refractivity contribution in [3.63, 3.8) is 0 Å². The maximum absolute atomic E-state index is 13.7. The lowest BCUT2D eigenvalue weighted by Gasteiger charge is -2.26. The van der Waals surface area contributed by atoms with Gasteiger partial charge in [-0.25, -0.2) is 0 Å². The summed E-state index contributed by atoms with van der Waals surface area (Å²) in [4.78, 5) is 42.2. The molecule has 38 heavy (non-hydrogen) atoms. The number of para-hydroxylation sites is 2. The van der Waals surface area contributed by atoms with Crippen LogP contribution in [0.4, 0.5) is 11.4 Å². The number of nitrogens with two attached hydrogens (primary N) is 1. The first kappa shape index (κ1) is 25.6. The molecule has 0 radical (unpaired) electrons. The molecule has 1 unspecified atom stereocenters. The van der Waals surface area contributed by atoms with Gasteiger partial charge in [0.05, 0.1) is 31.6 Å². The van der Waals surface area contributed by atoms with E-state index in [1.54, 1.807) is 36.3 Å². The first-order valence-electron chi connectivity index (χ1n) is 12.1. The van der Waals surface area contributed by atoms with Gasteiger partial charge in [-0.1, -0.05) is 52.3 Å². The fourth-order valence-electron chi connectivity index (χ4n) is 4.83. The molecule has 4 aromatic rings. The third-order valence-corrected chi connectivity index (χ3v) is 7.29. The molecule has 192 valence electrons. The third kappa shape index (κ3) is 4.68. The van der Waals surface area contributed by atoms with Gasteiger partial charge in [0, 0.05) is 21.2 Å². The maximum atomic E-state index is 13.7. The van der Waals surface area contributed by atoms with Crippen LogP contribution < -0.4 is 20.3 Å². The zero-order chi connectivity index (χ0) is 27.0. The van der Waals surface area contributed by atoms with E-state index in [0.29, 0.717) is 28.3 Å². The largest absolute Gasteiger partial charge is 0.496 e. The van der Waals surface area contributed by atoms with E-state index in [0.717, 1.165) is 20.8 Å². The molecule has 0 fully saturated rings. The summed E-state index contributed by atoms with van der Waals surface area (Å²) in [6.07, 6.45) is 0. The zero-order valence-corrected chi connectivity index (χ0v) is 22.6. The van der Waals surface area contributed by atoms with Gasteiger partial charge >= 0.3 is 0 Å². The Kier molecular flexibility index (Phi) is 7.01. The molecule has 0 spiro atoms. The van der Waals surface area contributed by atoms with Crippen molar-refractivity contribution in [3.8, 4) is 5.75 Å². The number of anilines is 2. The van der Waals surface area contributed by atoms with E-state index in [2.05, 4.69) is 15.9 Å². The molecule has 0 saturated carbocycles. The van der Waals surface area contributed by atoms with Crippen LogP contribution in [-0.4, -0.2) is 37.3 Å². The highest BCUT2D eigenvalue weighted by Crippen LogP contribution is 2.37. The van der Waals surface area contributed by atoms with E-state index in [9.17, 15) is 14.4 Å². The lowest BCUT2D eigenvalue weighted by molar-refractivity contribution is -0.119. The van der Waals surface area contributed by atoms with Crippen molar-refractivity contribution in [2.24, 2.45) is 5.73 Å². The van der Waals surface area contributed by atoms with Crippen LogP contribution in [0.1, 0.15) is 33.2 Å². The summed E-state index contributed by atoms with van der Waals surface area (Å²) in [5.41, 5.74) is 9.33. The van der Waals surface area contributed by atoms with Crippen molar-refractivity contribution >= 4 is 55.7 Å². The fourth-order valence-corrected chi connectivity index (χ4v) is 5.21. The van der Waals surface area contributed by atoms with Crippen LogP contribution in [0.5, 0.6) is 5.75 Å². The Labute approximate surface area is 228 Å². The molecule has 1 aliphatic rings. The molecule has 0 saturated heterocycles. The van der Waals surface area contributed by atoms with Crippen LogP contribution in [0.2, 0.25) is 0 Å². The number of Topliss-reactive ketones (excluding diaryl/α,β-unsaturated/α-hetero) is 1. The number of hydrogen-bond donors (Lipinski definition) is 1. The molecule has 7 nitrogen and oxygen atoms in total. The van der Waals surface area contributed by atoms with E-state index in [1.165, 1.54) is 11.8 Å². The lowest BCUT2D eigenvalue weighted by Crippen LogP contribution is -2.48. The zero-order valence-electron chi connectivity index (χ0n) is 21.0. The number of amides is 2. The summed E-state index contributed by atoms with van der Waals surface area (Å²) in [6.45, 7) is 1.70. The van der Waals surface area contributed by atoms with Crippen molar-refractivity contribution < 1.29 is 19.1 Å². The lowest BCUT2D eigenvalue weighted by atomic mass is 10.0. The second kappa shape index (κ2) is 10.4. The standard InChI is InChI=1S/C30H26BrN3O4/c1-18(35)19-7-9-20(10-8-19)29(36)34-17-25(32)30(37)33(26-5-3-4-6-27(26)34)16-24-23-13-12-22(31)15-21(23)11-14-28(24)38-2/h3-15,25H,16-17,32H2,1-2H3. The predicted molar refractivity (Wildman–Crippen MR) is 152 cm³/mol. The van der Waals surface area contributed by atoms with Crippen LogP contribution in [0.15, 0.2) is 83.3 Å². The van der Waals surface area contributed by atoms with Crippen molar-refractivity contribution in [2.45, 2.75) is 19.5 Å². The van der Waals surface area contributed by atoms with E-state index in [1.807, 2.05) is 54.6 Å². The minimum absolute atomic E-state index is 0.0132. The van der Waals surface area contributed by atoms with Gasteiger partial charge in [-0.2, -0.15) is 0 Å². The van der Waals surface area contributed by atoms with Gasteiger partial charge in [0.1, 0.15) is 11.8 Å². The first-order chi connectivity index (χ1) is 18.3. The minimum Gasteiger partial charge on any atom is -0.496 e. The number of rotatable bonds is 5. The molecule has 4 aromatic carbocycles. The Morgan fingerprint density at radius 2 is 1.66 bits per heavy atom. The average molecular weight is 572 g/mol. The smallest absolute Gasteiger partial charge is 0.258 e. The molecule has 0 aliphatic carbocycles. The van der Waals surface area contributed by atoms with E-state index in [4.69, 9.17) is 10.5 Å². The Morgan fingerprint density at radius 1 is 0.974 bits per heavy atom. The van der Waals surface area contributed by atoms with Crippen LogP contribution in [0.25, 0.3) is 10.8 Å². The molecular formula is C30H26BrN3O4. The number of methoxy groups -OCH3 is 1. The summed E-state index contributed by atoms with van der Waals surface area (Å²) in [6, 6.07) is 22.7. The molecule has 1 atom stereocenters. The van der Waals surface area contributed by atoms with E-state index >= 15 is 0 Å². The van der Waals surface area contributed by atoms with Crippen LogP contribution >= 0.6 is 15.9 Å². The molecule has 2 amide bonds. The second-order valence-electron chi connectivity index (χ2n) is 9.18. The van der Waals surface area contributed by atoms with Gasteiger partial charge in [-0.05, 0) is 60.2 Å². The fraction of sp³-hybridized carbons (Fsp3) is 0.167. The Balaban J connectivity index is 1.59. The number of carbonyl (C=O) groups is 3. The number of nitrogens with zero attached hydrogens (tertiary/aromatic N) is 2. The third-order valence-electron chi connectivity index (χ3n) is 6.80. The molecular weight excluding hydrogens is 546 g/mol. The highest BCUT2D eigenvalue weighted by atomic mass is 79.9. The summed E-state index contributed by atoms with van der Waals surface area (Å²) in [7, 11) is 1.60. The highest BCUT2D eigenvalue weighted by molar-refractivity contribution is 9.10. The van der Waals surface area contributed by atoms with Crippen molar-refractivity contribution in [3.05, 3.63) is 100 Å². The molecule has 0 aromatic heterocycles. The number of halogens is 1. The molecule has 1 aliphatic heterocycles. The quantitative estimate of drug-likeness (QED) is 0.326. The van der Waals surface area contributed by atoms with Crippen LogP contribution in [-0.2, 0) is 11.3 Å². The number of benzene rings is 4. The monoisotopic (exact) mass is 571 g/mol. The van der Waals surface area contributed by atoms with Gasteiger partial charge in [-0.15, -0.1) is 0 Å². The normalized spacial score (nSPS) is 15.3. The topological polar surface area (TPSA) is 92.9 Å². The number of fused-ring (bicyclic) bond motifs is 2. The summed E-state index contributed by atoms with van der Waals surface area (Å²) in [5, 5.41) is 1.95. The van der Waals surface area contributed by atoms with Gasteiger partial charge < -0.3 is 20.3 Å². The van der Waals surface area contributed by atoms with E-state index < -0.39 is 6.04 Å². The summed E-state index contributed by atoms with van der Waals surface area (Å²) in [5.74, 6) is -0.0221. The average Bonchev–Trinajstić information content (AvgIpc) is 3.03. The Morgan fingerprint density at radius 3 is 2.34 bits per heavy atom. The van der Waals surface area contributed by atoms with Gasteiger partial charge in [-0.3, -0.25) is 14.4 Å².